The van der Waals surface area contributed by atoms with Gasteiger partial charge in [-0.05, 0) is 25.7 Å². The van der Waals surface area contributed by atoms with E-state index in [4.69, 9.17) is 0 Å². The Morgan fingerprint density at radius 3 is 2.72 bits per heavy atom. The summed E-state index contributed by atoms with van der Waals surface area (Å²) in [7, 11) is 0. The number of nitrogens with zero attached hydrogens (tertiary/aromatic N) is 3. The molecule has 0 radical (unpaired) electrons. The van der Waals surface area contributed by atoms with E-state index in [0.29, 0.717) is 11.7 Å². The molecule has 2 atom stereocenters. The highest BCUT2D eigenvalue weighted by molar-refractivity contribution is 5.90. The number of piperidine rings is 1. The molecule has 2 heterocycles. The van der Waals surface area contributed by atoms with Gasteiger partial charge in [0.2, 0.25) is 5.82 Å². The van der Waals surface area contributed by atoms with E-state index in [1.807, 2.05) is 18.7 Å². The van der Waals surface area contributed by atoms with Crippen LogP contribution in [0.2, 0.25) is 0 Å². The highest BCUT2D eigenvalue weighted by Crippen LogP contribution is 2.23. The van der Waals surface area contributed by atoms with Crippen LogP contribution >= 0.6 is 0 Å². The van der Waals surface area contributed by atoms with Crippen LogP contribution in [0, 0.1) is 5.92 Å². The number of amides is 1. The summed E-state index contributed by atoms with van der Waals surface area (Å²) in [6, 6.07) is 0.280. The second-order valence-electron chi connectivity index (χ2n) is 5.68. The SMILES string of the molecule is CC1CCN(C(=O)c2n[nH]c(C(C)C)n2)C(C)C1. The van der Waals surface area contributed by atoms with Crippen LogP contribution in [-0.4, -0.2) is 38.6 Å². The van der Waals surface area contributed by atoms with Crippen LogP contribution in [0.4, 0.5) is 0 Å². The highest BCUT2D eigenvalue weighted by atomic mass is 16.2. The van der Waals surface area contributed by atoms with Crippen molar-refractivity contribution >= 4 is 5.91 Å². The predicted octanol–water partition coefficient (Wildman–Crippen LogP) is 2.19. The van der Waals surface area contributed by atoms with Crippen molar-refractivity contribution in [3.05, 3.63) is 11.6 Å². The fourth-order valence-electron chi connectivity index (χ4n) is 2.47. The van der Waals surface area contributed by atoms with E-state index in [0.717, 1.165) is 25.2 Å². The molecule has 5 nitrogen and oxygen atoms in total. The summed E-state index contributed by atoms with van der Waals surface area (Å²) in [5, 5.41) is 6.88. The van der Waals surface area contributed by atoms with Crippen molar-refractivity contribution < 1.29 is 4.79 Å². The van der Waals surface area contributed by atoms with Gasteiger partial charge >= 0.3 is 0 Å². The van der Waals surface area contributed by atoms with E-state index in [1.165, 1.54) is 0 Å². The van der Waals surface area contributed by atoms with Gasteiger partial charge < -0.3 is 4.90 Å². The summed E-state index contributed by atoms with van der Waals surface area (Å²) in [5.41, 5.74) is 0. The van der Waals surface area contributed by atoms with Crippen LogP contribution in [0.5, 0.6) is 0 Å². The second-order valence-corrected chi connectivity index (χ2v) is 5.68. The van der Waals surface area contributed by atoms with Crippen molar-refractivity contribution in [2.45, 2.75) is 52.5 Å². The topological polar surface area (TPSA) is 61.9 Å². The zero-order chi connectivity index (χ0) is 13.3. The first-order valence-corrected chi connectivity index (χ1v) is 6.72. The number of nitrogens with one attached hydrogen (secondary N) is 1. The zero-order valence-corrected chi connectivity index (χ0v) is 11.6. The molecule has 0 aliphatic carbocycles. The largest absolute Gasteiger partial charge is 0.333 e. The fourth-order valence-corrected chi connectivity index (χ4v) is 2.47. The van der Waals surface area contributed by atoms with Gasteiger partial charge in [0.15, 0.2) is 0 Å². The minimum atomic E-state index is -0.0439. The summed E-state index contributed by atoms with van der Waals surface area (Å²) in [4.78, 5) is 18.5. The van der Waals surface area contributed by atoms with E-state index in [-0.39, 0.29) is 17.9 Å². The van der Waals surface area contributed by atoms with Gasteiger partial charge in [0.1, 0.15) is 5.82 Å². The average Bonchev–Trinajstić information content (AvgIpc) is 2.77. The number of rotatable bonds is 2. The van der Waals surface area contributed by atoms with Crippen LogP contribution in [0.1, 0.15) is 62.9 Å². The quantitative estimate of drug-likeness (QED) is 0.875. The monoisotopic (exact) mass is 250 g/mol. The number of aromatic nitrogens is 3. The van der Waals surface area contributed by atoms with Crippen molar-refractivity contribution in [2.75, 3.05) is 6.54 Å². The Kier molecular flexibility index (Phi) is 3.68. The molecule has 100 valence electrons. The predicted molar refractivity (Wildman–Crippen MR) is 69.4 cm³/mol. The molecular formula is C13H22N4O. The molecular weight excluding hydrogens is 228 g/mol. The van der Waals surface area contributed by atoms with Crippen molar-refractivity contribution in [2.24, 2.45) is 5.92 Å². The van der Waals surface area contributed by atoms with Gasteiger partial charge in [-0.1, -0.05) is 20.8 Å². The summed E-state index contributed by atoms with van der Waals surface area (Å²) >= 11 is 0. The van der Waals surface area contributed by atoms with Crippen molar-refractivity contribution in [3.8, 4) is 0 Å². The van der Waals surface area contributed by atoms with Gasteiger partial charge in [-0.15, -0.1) is 5.10 Å². The minimum Gasteiger partial charge on any atom is -0.333 e. The summed E-state index contributed by atoms with van der Waals surface area (Å²) < 4.78 is 0. The molecule has 1 saturated heterocycles. The maximum absolute atomic E-state index is 12.3. The summed E-state index contributed by atoms with van der Waals surface area (Å²) in [5.74, 6) is 1.99. The second kappa shape index (κ2) is 5.08. The smallest absolute Gasteiger partial charge is 0.293 e. The number of hydrogen-bond donors (Lipinski definition) is 1. The lowest BCUT2D eigenvalue weighted by atomic mass is 9.93. The van der Waals surface area contributed by atoms with Crippen LogP contribution < -0.4 is 0 Å². The third-order valence-corrected chi connectivity index (χ3v) is 3.64. The summed E-state index contributed by atoms with van der Waals surface area (Å²) in [6.45, 7) is 9.21. The molecule has 0 bridgehead atoms. The van der Waals surface area contributed by atoms with Crippen LogP contribution in [0.3, 0.4) is 0 Å². The van der Waals surface area contributed by atoms with E-state index in [2.05, 4.69) is 29.0 Å². The molecule has 1 amide bonds. The number of carbonyl (C=O) groups is 1. The minimum absolute atomic E-state index is 0.0439. The molecule has 2 rings (SSSR count). The Labute approximate surface area is 108 Å². The lowest BCUT2D eigenvalue weighted by Crippen LogP contribution is -2.44. The normalized spacial score (nSPS) is 24.6. The Balaban J connectivity index is 2.10. The standard InChI is InChI=1S/C13H22N4O/c1-8(2)11-14-12(16-15-11)13(18)17-6-5-9(3)7-10(17)4/h8-10H,5-7H2,1-4H3,(H,14,15,16). The lowest BCUT2D eigenvalue weighted by Gasteiger charge is -2.35. The van der Waals surface area contributed by atoms with Crippen molar-refractivity contribution in [1.82, 2.24) is 20.1 Å². The first-order chi connectivity index (χ1) is 8.49. The Morgan fingerprint density at radius 2 is 2.17 bits per heavy atom. The first-order valence-electron chi connectivity index (χ1n) is 6.72. The molecule has 0 spiro atoms. The van der Waals surface area contributed by atoms with Crippen LogP contribution in [0.15, 0.2) is 0 Å². The van der Waals surface area contributed by atoms with E-state index < -0.39 is 0 Å². The third kappa shape index (κ3) is 2.54. The number of aromatic amines is 1. The number of hydrogen-bond acceptors (Lipinski definition) is 3. The Hall–Kier alpha value is -1.39. The number of H-pyrrole nitrogens is 1. The molecule has 1 aromatic rings. The van der Waals surface area contributed by atoms with Crippen molar-refractivity contribution in [3.63, 3.8) is 0 Å². The maximum Gasteiger partial charge on any atom is 0.293 e. The molecule has 1 N–H and O–H groups in total. The van der Waals surface area contributed by atoms with Crippen molar-refractivity contribution in [1.29, 1.82) is 0 Å². The molecule has 1 fully saturated rings. The molecule has 1 aliphatic rings. The Bertz CT molecular complexity index is 426. The molecule has 1 aromatic heterocycles. The van der Waals surface area contributed by atoms with Crippen LogP contribution in [0.25, 0.3) is 0 Å². The molecule has 0 saturated carbocycles. The maximum atomic E-state index is 12.3. The molecule has 5 heteroatoms. The average molecular weight is 250 g/mol. The summed E-state index contributed by atoms with van der Waals surface area (Å²) in [6.07, 6.45) is 2.13. The van der Waals surface area contributed by atoms with Gasteiger partial charge in [0.25, 0.3) is 5.91 Å². The molecule has 1 aliphatic heterocycles. The van der Waals surface area contributed by atoms with E-state index in [1.54, 1.807) is 0 Å². The van der Waals surface area contributed by atoms with Gasteiger partial charge in [0, 0.05) is 18.5 Å². The van der Waals surface area contributed by atoms with Gasteiger partial charge in [-0.2, -0.15) is 0 Å². The van der Waals surface area contributed by atoms with Gasteiger partial charge in [-0.25, -0.2) is 4.98 Å². The fraction of sp³-hybridized carbons (Fsp3) is 0.769. The molecule has 2 unspecified atom stereocenters. The van der Waals surface area contributed by atoms with E-state index >= 15 is 0 Å². The first kappa shape index (κ1) is 13.1. The number of likely N-dealkylation sites (tertiary alicyclic amines) is 1. The zero-order valence-electron chi connectivity index (χ0n) is 11.6. The third-order valence-electron chi connectivity index (χ3n) is 3.64. The number of carbonyl (C=O) groups excluding carboxylic acids is 1. The van der Waals surface area contributed by atoms with Gasteiger partial charge in [0.05, 0.1) is 0 Å². The Morgan fingerprint density at radius 1 is 1.44 bits per heavy atom. The highest BCUT2D eigenvalue weighted by Gasteiger charge is 2.29. The molecule has 18 heavy (non-hydrogen) atoms. The van der Waals surface area contributed by atoms with Gasteiger partial charge in [-0.3, -0.25) is 9.89 Å². The van der Waals surface area contributed by atoms with Crippen LogP contribution in [-0.2, 0) is 0 Å². The van der Waals surface area contributed by atoms with E-state index in [9.17, 15) is 4.79 Å². The molecule has 0 aromatic carbocycles. The lowest BCUT2D eigenvalue weighted by molar-refractivity contribution is 0.0576.